The van der Waals surface area contributed by atoms with Crippen molar-refractivity contribution in [3.8, 4) is 0 Å². The summed E-state index contributed by atoms with van der Waals surface area (Å²) in [5, 5.41) is 1.88. The molecule has 12 heavy (non-hydrogen) atoms. The molecule has 1 aromatic rings. The second kappa shape index (κ2) is 4.94. The van der Waals surface area contributed by atoms with Gasteiger partial charge in [-0.25, -0.2) is 0 Å². The highest BCUT2D eigenvalue weighted by molar-refractivity contribution is 5.31. The van der Waals surface area contributed by atoms with E-state index in [1.54, 1.807) is 0 Å². The topological polar surface area (TPSA) is 16.6 Å². The summed E-state index contributed by atoms with van der Waals surface area (Å²) in [4.78, 5) is 0. The third kappa shape index (κ3) is 2.67. The average Bonchev–Trinajstić information content (AvgIpc) is 2.15. The number of hydrogen-bond acceptors (Lipinski definition) is 0. The maximum absolute atomic E-state index is 3.72. The Morgan fingerprint density at radius 1 is 1.25 bits per heavy atom. The zero-order valence-corrected chi connectivity index (χ0v) is 7.72. The van der Waals surface area contributed by atoms with Crippen molar-refractivity contribution in [1.82, 2.24) is 0 Å². The van der Waals surface area contributed by atoms with Crippen LogP contribution in [0.2, 0.25) is 0 Å². The highest BCUT2D eigenvalue weighted by Crippen LogP contribution is 2.07. The number of aryl methyl sites for hydroxylation is 1. The maximum atomic E-state index is 3.72. The van der Waals surface area contributed by atoms with Crippen LogP contribution in [0.25, 0.3) is 0 Å². The first-order valence-corrected chi connectivity index (χ1v) is 4.58. The van der Waals surface area contributed by atoms with Gasteiger partial charge in [-0.05, 0) is 30.5 Å². The van der Waals surface area contributed by atoms with E-state index >= 15 is 0 Å². The molecule has 0 atom stereocenters. The molecule has 0 aliphatic rings. The molecule has 0 unspecified atom stereocenters. The van der Waals surface area contributed by atoms with Crippen molar-refractivity contribution in [2.75, 3.05) is 0 Å². The predicted octanol–water partition coefficient (Wildman–Crippen LogP) is 2.02. The molecule has 0 amide bonds. The number of benzene rings is 1. The zero-order valence-electron chi connectivity index (χ0n) is 7.72. The van der Waals surface area contributed by atoms with Crippen LogP contribution in [0.3, 0.4) is 0 Å². The van der Waals surface area contributed by atoms with Gasteiger partial charge < -0.3 is 5.32 Å². The lowest BCUT2D eigenvalue weighted by atomic mass is 10.1. The fourth-order valence-corrected chi connectivity index (χ4v) is 1.20. The van der Waals surface area contributed by atoms with Gasteiger partial charge in [-0.3, -0.25) is 0 Å². The molecule has 1 rings (SSSR count). The molecule has 0 heterocycles. The van der Waals surface area contributed by atoms with Crippen molar-refractivity contribution >= 4 is 5.69 Å². The van der Waals surface area contributed by atoms with E-state index < -0.39 is 0 Å². The van der Waals surface area contributed by atoms with E-state index in [9.17, 15) is 0 Å². The minimum Gasteiger partial charge on any atom is -0.446 e. The van der Waals surface area contributed by atoms with Crippen LogP contribution in [0.1, 0.15) is 25.3 Å². The first kappa shape index (κ1) is 9.27. The third-order valence-corrected chi connectivity index (χ3v) is 2.03. The summed E-state index contributed by atoms with van der Waals surface area (Å²) in [5.74, 6) is 0. The Hall–Kier alpha value is -0.820. The van der Waals surface area contributed by atoms with Gasteiger partial charge in [0, 0.05) is 0 Å². The van der Waals surface area contributed by atoms with Gasteiger partial charge in [0.2, 0.25) is 0 Å². The van der Waals surface area contributed by atoms with Crippen LogP contribution < -0.4 is 5.32 Å². The number of unbranched alkanes of at least 4 members (excludes halogenated alkanes) is 1. The monoisotopic (exact) mass is 163 g/mol. The van der Waals surface area contributed by atoms with Crippen molar-refractivity contribution in [2.24, 2.45) is 0 Å². The van der Waals surface area contributed by atoms with E-state index in [2.05, 4.69) is 38.2 Å². The van der Waals surface area contributed by atoms with Crippen LogP contribution in [0.5, 0.6) is 0 Å². The van der Waals surface area contributed by atoms with Crippen LogP contribution in [0.15, 0.2) is 24.3 Å². The van der Waals surface area contributed by atoms with E-state index in [1.165, 1.54) is 30.5 Å². The van der Waals surface area contributed by atoms with E-state index in [-0.39, 0.29) is 0 Å². The molecular weight excluding hydrogens is 146 g/mol. The van der Waals surface area contributed by atoms with Gasteiger partial charge in [0.15, 0.2) is 0 Å². The highest BCUT2D eigenvalue weighted by Gasteiger charge is 1.92. The van der Waals surface area contributed by atoms with Crippen molar-refractivity contribution in [3.63, 3.8) is 0 Å². The van der Waals surface area contributed by atoms with Crippen molar-refractivity contribution in [2.45, 2.75) is 26.2 Å². The second-order valence-corrected chi connectivity index (χ2v) is 3.05. The Labute approximate surface area is 74.8 Å². The zero-order chi connectivity index (χ0) is 8.81. The average molecular weight is 163 g/mol. The Bertz CT molecular complexity index is 213. The maximum Gasteiger partial charge on any atom is 0.103 e. The number of quaternary nitrogens is 1. The lowest BCUT2D eigenvalue weighted by Crippen LogP contribution is -2.69. The third-order valence-electron chi connectivity index (χ3n) is 2.03. The van der Waals surface area contributed by atoms with E-state index in [4.69, 9.17) is 0 Å². The molecule has 0 saturated carbocycles. The molecule has 1 nitrogen and oxygen atoms in total. The van der Waals surface area contributed by atoms with Gasteiger partial charge >= 0.3 is 0 Å². The van der Waals surface area contributed by atoms with Gasteiger partial charge in [0.1, 0.15) is 5.69 Å². The van der Waals surface area contributed by atoms with Crippen LogP contribution in [-0.4, -0.2) is 0 Å². The highest BCUT2D eigenvalue weighted by atomic mass is 14.8. The van der Waals surface area contributed by atoms with Gasteiger partial charge in [-0.1, -0.05) is 25.5 Å². The molecule has 2 N–H and O–H groups in total. The van der Waals surface area contributed by atoms with Crippen molar-refractivity contribution in [1.29, 1.82) is 0 Å². The molecule has 1 aromatic carbocycles. The van der Waals surface area contributed by atoms with Crippen LogP contribution >= 0.6 is 0 Å². The lowest BCUT2D eigenvalue weighted by molar-refractivity contribution is -0.504. The fraction of sp³-hybridized carbons (Fsp3) is 0.364. The van der Waals surface area contributed by atoms with Gasteiger partial charge in [0.05, 0.1) is 0 Å². The summed E-state index contributed by atoms with van der Waals surface area (Å²) in [6, 6.07) is 8.62. The van der Waals surface area contributed by atoms with Gasteiger partial charge in [-0.15, -0.1) is 7.05 Å². The normalized spacial score (nSPS) is 10.2. The summed E-state index contributed by atoms with van der Waals surface area (Å²) in [5.41, 5.74) is 2.64. The molecule has 0 aromatic heterocycles. The summed E-state index contributed by atoms with van der Waals surface area (Å²) < 4.78 is 0. The summed E-state index contributed by atoms with van der Waals surface area (Å²) in [6.07, 6.45) is 3.75. The summed E-state index contributed by atoms with van der Waals surface area (Å²) in [6.45, 7) is 2.22. The summed E-state index contributed by atoms with van der Waals surface area (Å²) in [7, 11) is 3.72. The van der Waals surface area contributed by atoms with E-state index in [1.807, 2.05) is 5.32 Å². The Kier molecular flexibility index (Phi) is 3.81. The fourth-order valence-electron chi connectivity index (χ4n) is 1.20. The lowest BCUT2D eigenvalue weighted by Gasteiger charge is -2.01. The van der Waals surface area contributed by atoms with E-state index in [0.29, 0.717) is 0 Å². The van der Waals surface area contributed by atoms with Crippen LogP contribution in [0.4, 0.5) is 5.69 Å². The van der Waals surface area contributed by atoms with Gasteiger partial charge in [-0.2, -0.15) is 0 Å². The smallest absolute Gasteiger partial charge is 0.103 e. The molecule has 0 fully saturated rings. The largest absolute Gasteiger partial charge is 0.446 e. The minimum absolute atomic E-state index is 1.20. The van der Waals surface area contributed by atoms with Crippen molar-refractivity contribution in [3.05, 3.63) is 36.9 Å². The molecule has 1 heteroatoms. The Balaban J connectivity index is 2.53. The molecule has 0 saturated heterocycles. The Morgan fingerprint density at radius 2 is 1.92 bits per heavy atom. The standard InChI is InChI=1S/C11H17N/c1-3-4-5-10-6-8-11(12-2)9-7-10/h6-9H,2-5,12H2,1H3. The number of hydrogen-bond donors (Lipinski definition) is 1. The van der Waals surface area contributed by atoms with E-state index in [0.717, 1.165) is 0 Å². The molecule has 0 aliphatic heterocycles. The first-order chi connectivity index (χ1) is 5.86. The summed E-state index contributed by atoms with van der Waals surface area (Å²) >= 11 is 0. The predicted molar refractivity (Wildman–Crippen MR) is 52.0 cm³/mol. The molecule has 66 valence electrons. The number of rotatable bonds is 4. The second-order valence-electron chi connectivity index (χ2n) is 3.05. The van der Waals surface area contributed by atoms with Crippen LogP contribution in [0, 0.1) is 7.05 Å². The number of nitrogens with two attached hydrogens (primary N) is 1. The molecule has 0 radical (unpaired) electrons. The molecule has 0 bridgehead atoms. The molecular formula is C11H17N. The first-order valence-electron chi connectivity index (χ1n) is 4.58. The van der Waals surface area contributed by atoms with Gasteiger partial charge in [0.25, 0.3) is 0 Å². The van der Waals surface area contributed by atoms with Crippen LogP contribution in [-0.2, 0) is 6.42 Å². The quantitative estimate of drug-likeness (QED) is 0.516. The van der Waals surface area contributed by atoms with Crippen molar-refractivity contribution < 1.29 is 5.32 Å². The molecule has 0 spiro atoms. The minimum atomic E-state index is 1.20. The molecule has 0 aliphatic carbocycles. The SMILES string of the molecule is [CH2-][NH2+]c1ccc(CCCC)cc1. The Morgan fingerprint density at radius 3 is 2.42 bits per heavy atom.